The lowest BCUT2D eigenvalue weighted by atomic mass is 9.83. The minimum Gasteiger partial charge on any atom is -0.339 e. The van der Waals surface area contributed by atoms with Crippen molar-refractivity contribution in [1.82, 2.24) is 34.6 Å². The van der Waals surface area contributed by atoms with E-state index in [1.807, 2.05) is 24.0 Å². The first-order valence-electron chi connectivity index (χ1n) is 15.4. The number of carbonyl (C=O) groups excluding carboxylic acids is 1. The maximum Gasteiger partial charge on any atom is 0.439 e. The number of carbonyl (C=O) groups is 1. The summed E-state index contributed by atoms with van der Waals surface area (Å²) >= 11 is 6.41. The maximum atomic E-state index is 12.9. The van der Waals surface area contributed by atoms with E-state index in [0.717, 1.165) is 54.3 Å². The Morgan fingerprint density at radius 3 is 2.47 bits per heavy atom. The average molecular weight is 607 g/mol. The monoisotopic (exact) mass is 606 g/mol. The first kappa shape index (κ1) is 29.3. The lowest BCUT2D eigenvalue weighted by Gasteiger charge is -2.45. The molecule has 1 saturated heterocycles. The van der Waals surface area contributed by atoms with Gasteiger partial charge in [0, 0.05) is 56.1 Å². The Bertz CT molecular complexity index is 1660. The van der Waals surface area contributed by atoms with Crippen LogP contribution in [-0.2, 0) is 11.3 Å². The number of nitrogens with one attached hydrogen (secondary N) is 1. The molecule has 4 aromatic heterocycles. The molecule has 2 aliphatic rings. The lowest BCUT2D eigenvalue weighted by Crippen LogP contribution is -2.59. The summed E-state index contributed by atoms with van der Waals surface area (Å²) in [6, 6.07) is 3.81. The van der Waals surface area contributed by atoms with Gasteiger partial charge in [-0.25, -0.2) is 14.8 Å². The molecule has 1 aliphatic heterocycles. The maximum absolute atomic E-state index is 12.9. The number of piperazine rings is 1. The molecule has 4 aromatic rings. The normalized spacial score (nSPS) is 22.8. The predicted octanol–water partition coefficient (Wildman–Crippen LogP) is 5.54. The Kier molecular flexibility index (Phi) is 8.26. The van der Waals surface area contributed by atoms with Gasteiger partial charge in [-0.05, 0) is 57.1 Å². The Hall–Kier alpha value is -3.73. The van der Waals surface area contributed by atoms with Gasteiger partial charge in [0.15, 0.2) is 0 Å². The molecule has 5 heterocycles. The lowest BCUT2D eigenvalue weighted by molar-refractivity contribution is -0.132. The average Bonchev–Trinajstić information content (AvgIpc) is 3.57. The third-order valence-corrected chi connectivity index (χ3v) is 9.12. The van der Waals surface area contributed by atoms with Crippen LogP contribution in [0.1, 0.15) is 66.2 Å². The van der Waals surface area contributed by atoms with E-state index in [4.69, 9.17) is 26.1 Å². The van der Waals surface area contributed by atoms with Crippen molar-refractivity contribution in [2.45, 2.75) is 84.8 Å². The molecule has 11 nitrogen and oxygen atoms in total. The number of H-pyrrole nitrogens is 1. The van der Waals surface area contributed by atoms with Crippen molar-refractivity contribution < 1.29 is 9.32 Å². The first-order chi connectivity index (χ1) is 20.7. The van der Waals surface area contributed by atoms with Crippen molar-refractivity contribution in [1.29, 1.82) is 0 Å². The molecule has 1 N–H and O–H groups in total. The number of aromatic nitrogens is 6. The summed E-state index contributed by atoms with van der Waals surface area (Å²) in [6.07, 6.45) is 9.48. The molecule has 0 bridgehead atoms. The van der Waals surface area contributed by atoms with E-state index in [2.05, 4.69) is 45.4 Å². The van der Waals surface area contributed by atoms with Crippen molar-refractivity contribution in [3.8, 4) is 22.8 Å². The summed E-state index contributed by atoms with van der Waals surface area (Å²) in [5.41, 5.74) is 3.45. The summed E-state index contributed by atoms with van der Waals surface area (Å²) in [7, 11) is 0. The summed E-state index contributed by atoms with van der Waals surface area (Å²) in [4.78, 5) is 46.3. The van der Waals surface area contributed by atoms with Gasteiger partial charge in [0.2, 0.25) is 17.7 Å². The standard InChI is InChI=1S/C31H39ClN8O3/c1-5-6-26(41)38-15-19(3)40(20(4)16-38)30-35-24-12-25(29-36-31(42)43-37-29)34-27(22-11-23(32)14-33-13-22)28(24)39(30)17-21-9-7-18(2)8-10-21/h11-14,18-21H,5-10,15-17H2,1-4H3,(H,36,37,42)/t18?,19-,20?,21?/m1/s1. The van der Waals surface area contributed by atoms with E-state index < -0.39 is 5.76 Å². The molecular formula is C31H39ClN8O3. The van der Waals surface area contributed by atoms with E-state index >= 15 is 0 Å². The fourth-order valence-electron chi connectivity index (χ4n) is 6.78. The molecule has 1 aliphatic carbocycles. The Labute approximate surface area is 255 Å². The second-order valence-corrected chi connectivity index (χ2v) is 12.8. The van der Waals surface area contributed by atoms with E-state index in [0.29, 0.717) is 41.8 Å². The number of anilines is 1. The largest absolute Gasteiger partial charge is 0.439 e. The number of hydrogen-bond acceptors (Lipinski definition) is 8. The molecule has 0 radical (unpaired) electrons. The SMILES string of the molecule is CCCC(=O)N1CC(C)N(c2nc3cc(-c4noc(=O)[nH]4)nc(-c4cncc(Cl)c4)c3n2CC2CCC(C)CC2)[C@H](C)C1. The van der Waals surface area contributed by atoms with Gasteiger partial charge < -0.3 is 14.4 Å². The number of pyridine rings is 2. The highest BCUT2D eigenvalue weighted by Gasteiger charge is 2.36. The van der Waals surface area contributed by atoms with Crippen molar-refractivity contribution in [3.05, 3.63) is 40.1 Å². The van der Waals surface area contributed by atoms with E-state index in [1.165, 1.54) is 12.8 Å². The Morgan fingerprint density at radius 2 is 1.81 bits per heavy atom. The van der Waals surface area contributed by atoms with Crippen LogP contribution in [0.15, 0.2) is 33.8 Å². The molecule has 43 heavy (non-hydrogen) atoms. The van der Waals surface area contributed by atoms with Gasteiger partial charge in [-0.2, -0.15) is 0 Å². The van der Waals surface area contributed by atoms with Gasteiger partial charge in [0.05, 0.1) is 21.7 Å². The topological polar surface area (TPSA) is 126 Å². The molecule has 0 spiro atoms. The fourth-order valence-corrected chi connectivity index (χ4v) is 6.95. The van der Waals surface area contributed by atoms with Gasteiger partial charge in [0.1, 0.15) is 5.69 Å². The van der Waals surface area contributed by atoms with Crippen molar-refractivity contribution >= 4 is 34.5 Å². The molecule has 0 aromatic carbocycles. The highest BCUT2D eigenvalue weighted by Crippen LogP contribution is 2.38. The van der Waals surface area contributed by atoms with Gasteiger partial charge in [-0.3, -0.25) is 19.3 Å². The molecule has 12 heteroatoms. The van der Waals surface area contributed by atoms with Crippen LogP contribution in [0.4, 0.5) is 5.95 Å². The number of fused-ring (bicyclic) bond motifs is 1. The minimum atomic E-state index is -0.654. The highest BCUT2D eigenvalue weighted by atomic mass is 35.5. The minimum absolute atomic E-state index is 0.0575. The van der Waals surface area contributed by atoms with Crippen LogP contribution in [0.3, 0.4) is 0 Å². The van der Waals surface area contributed by atoms with Gasteiger partial charge in [-0.15, -0.1) is 0 Å². The van der Waals surface area contributed by atoms with Crippen molar-refractivity contribution in [2.24, 2.45) is 11.8 Å². The summed E-state index contributed by atoms with van der Waals surface area (Å²) < 4.78 is 7.13. The number of amides is 1. The van der Waals surface area contributed by atoms with Crippen molar-refractivity contribution in [2.75, 3.05) is 18.0 Å². The summed E-state index contributed by atoms with van der Waals surface area (Å²) in [5, 5.41) is 4.39. The van der Waals surface area contributed by atoms with Crippen LogP contribution in [-0.4, -0.2) is 65.6 Å². The van der Waals surface area contributed by atoms with Crippen LogP contribution in [0.25, 0.3) is 33.8 Å². The molecule has 228 valence electrons. The molecule has 1 amide bonds. The zero-order valence-electron chi connectivity index (χ0n) is 25.2. The Morgan fingerprint density at radius 1 is 1.07 bits per heavy atom. The number of rotatable bonds is 7. The molecule has 1 saturated carbocycles. The highest BCUT2D eigenvalue weighted by molar-refractivity contribution is 6.30. The first-order valence-corrected chi connectivity index (χ1v) is 15.7. The van der Waals surface area contributed by atoms with Crippen LogP contribution < -0.4 is 10.7 Å². The van der Waals surface area contributed by atoms with Gasteiger partial charge in [-0.1, -0.05) is 43.4 Å². The van der Waals surface area contributed by atoms with Crippen LogP contribution in [0, 0.1) is 11.8 Å². The van der Waals surface area contributed by atoms with Crippen LogP contribution in [0.5, 0.6) is 0 Å². The zero-order valence-corrected chi connectivity index (χ0v) is 26.0. The van der Waals surface area contributed by atoms with Crippen LogP contribution >= 0.6 is 11.6 Å². The predicted molar refractivity (Wildman–Crippen MR) is 166 cm³/mol. The summed E-state index contributed by atoms with van der Waals surface area (Å²) in [6.45, 7) is 10.8. The number of nitrogens with zero attached hydrogens (tertiary/aromatic N) is 7. The number of aromatic amines is 1. The molecule has 6 rings (SSSR count). The Balaban J connectivity index is 1.53. The van der Waals surface area contributed by atoms with Gasteiger partial charge in [0.25, 0.3) is 0 Å². The van der Waals surface area contributed by atoms with Crippen LogP contribution in [0.2, 0.25) is 5.02 Å². The molecular weight excluding hydrogens is 568 g/mol. The zero-order chi connectivity index (χ0) is 30.2. The van der Waals surface area contributed by atoms with E-state index in [1.54, 1.807) is 12.4 Å². The quantitative estimate of drug-likeness (QED) is 0.290. The molecule has 2 fully saturated rings. The molecule has 2 atom stereocenters. The third kappa shape index (κ3) is 5.91. The fraction of sp³-hybridized carbons (Fsp3) is 0.548. The van der Waals surface area contributed by atoms with Gasteiger partial charge >= 0.3 is 5.76 Å². The van der Waals surface area contributed by atoms with E-state index in [-0.39, 0.29) is 23.8 Å². The second kappa shape index (κ2) is 12.1. The van der Waals surface area contributed by atoms with Crippen molar-refractivity contribution in [3.63, 3.8) is 0 Å². The number of imidazole rings is 1. The second-order valence-electron chi connectivity index (χ2n) is 12.4. The smallest absolute Gasteiger partial charge is 0.339 e. The molecule has 1 unspecified atom stereocenters. The third-order valence-electron chi connectivity index (χ3n) is 8.91. The summed E-state index contributed by atoms with van der Waals surface area (Å²) in [5.74, 6) is 1.88. The number of halogens is 1. The number of hydrogen-bond donors (Lipinski definition) is 1. The van der Waals surface area contributed by atoms with E-state index in [9.17, 15) is 9.59 Å².